The topological polar surface area (TPSA) is 248 Å². The number of benzene rings is 1. The fourth-order valence-corrected chi connectivity index (χ4v) is 6.25. The Bertz CT molecular complexity index is 1820. The minimum Gasteiger partial charge on any atom is -0.476 e. The first kappa shape index (κ1) is 33.1. The monoisotopic (exact) mass is 659 g/mol. The van der Waals surface area contributed by atoms with Crippen LogP contribution in [0.4, 0.5) is 5.95 Å². The first-order chi connectivity index (χ1) is 22.0. The number of azide groups is 1. The van der Waals surface area contributed by atoms with Gasteiger partial charge in [0, 0.05) is 17.4 Å². The van der Waals surface area contributed by atoms with Gasteiger partial charge in [-0.2, -0.15) is 9.97 Å². The Labute approximate surface area is 262 Å². The van der Waals surface area contributed by atoms with Crippen molar-refractivity contribution < 1.29 is 37.0 Å². The average molecular weight is 660 g/mol. The first-order valence-electron chi connectivity index (χ1n) is 14.3. The fraction of sp³-hybridized carbons (Fsp3) is 0.481. The minimum atomic E-state index is -4.19. The molecule has 5 atom stereocenters. The van der Waals surface area contributed by atoms with Crippen LogP contribution < -0.4 is 21.4 Å². The molecular weight excluding hydrogens is 625 g/mol. The molecule has 3 aromatic heterocycles. The van der Waals surface area contributed by atoms with Gasteiger partial charge in [0.1, 0.15) is 18.2 Å². The Kier molecular flexibility index (Phi) is 9.79. The predicted molar refractivity (Wildman–Crippen MR) is 161 cm³/mol. The van der Waals surface area contributed by atoms with E-state index >= 15 is 0 Å². The zero-order chi connectivity index (χ0) is 33.1. The highest BCUT2D eigenvalue weighted by atomic mass is 31.2. The van der Waals surface area contributed by atoms with E-state index in [1.54, 1.807) is 20.8 Å². The number of aliphatic hydroxyl groups excluding tert-OH is 1. The maximum atomic E-state index is 14.0. The number of aromatic nitrogens is 4. The molecule has 0 radical (unpaired) electrons. The maximum absolute atomic E-state index is 14.0. The molecule has 4 heterocycles. The quantitative estimate of drug-likeness (QED) is 0.0751. The number of hydrogen-bond acceptors (Lipinski definition) is 14. The Morgan fingerprint density at radius 3 is 2.72 bits per heavy atom. The second kappa shape index (κ2) is 13.6. The number of rotatable bonds is 14. The van der Waals surface area contributed by atoms with Gasteiger partial charge >= 0.3 is 13.6 Å². The van der Waals surface area contributed by atoms with Crippen molar-refractivity contribution in [3.8, 4) is 5.88 Å². The van der Waals surface area contributed by atoms with Crippen LogP contribution in [0.2, 0.25) is 0 Å². The molecule has 1 aliphatic heterocycles. The van der Waals surface area contributed by atoms with E-state index in [2.05, 4.69) is 30.1 Å². The molecule has 0 amide bonds. The molecule has 4 N–H and O–H groups in total. The van der Waals surface area contributed by atoms with E-state index in [9.17, 15) is 20.0 Å². The van der Waals surface area contributed by atoms with Crippen LogP contribution in [0, 0.1) is 0 Å². The highest BCUT2D eigenvalue weighted by molar-refractivity contribution is 7.51. The van der Waals surface area contributed by atoms with E-state index in [1.807, 2.05) is 30.3 Å². The van der Waals surface area contributed by atoms with Crippen molar-refractivity contribution in [1.29, 1.82) is 0 Å². The van der Waals surface area contributed by atoms with Crippen LogP contribution >= 0.6 is 7.75 Å². The van der Waals surface area contributed by atoms with Gasteiger partial charge in [0.15, 0.2) is 28.9 Å². The molecule has 5 rings (SSSR count). The number of nitrogens with one attached hydrogen (secondary N) is 1. The molecule has 0 spiro atoms. The van der Waals surface area contributed by atoms with E-state index < -0.39 is 50.8 Å². The summed E-state index contributed by atoms with van der Waals surface area (Å²) >= 11 is 0. The number of fused-ring (bicyclic) bond motifs is 1. The van der Waals surface area contributed by atoms with Crippen LogP contribution in [0.15, 0.2) is 55.4 Å². The van der Waals surface area contributed by atoms with Crippen LogP contribution in [-0.4, -0.2) is 55.6 Å². The molecule has 0 saturated carbocycles. The number of hydrogen-bond donors (Lipinski definition) is 3. The van der Waals surface area contributed by atoms with Crippen molar-refractivity contribution in [1.82, 2.24) is 24.6 Å². The summed E-state index contributed by atoms with van der Waals surface area (Å²) < 4.78 is 48.9. The smallest absolute Gasteiger partial charge is 0.476 e. The Hall–Kier alpha value is -4.28. The zero-order valence-electron chi connectivity index (χ0n) is 25.5. The lowest BCUT2D eigenvalue weighted by Gasteiger charge is -2.28. The summed E-state index contributed by atoms with van der Waals surface area (Å²) in [5.74, 6) is -0.801. The molecule has 4 aromatic rings. The highest BCUT2D eigenvalue weighted by Gasteiger charge is 2.55. The van der Waals surface area contributed by atoms with Crippen molar-refractivity contribution in [2.24, 2.45) is 5.11 Å². The van der Waals surface area contributed by atoms with Crippen LogP contribution in [-0.2, 0) is 31.5 Å². The molecule has 18 nitrogen and oxygen atoms in total. The third-order valence-electron chi connectivity index (χ3n) is 7.25. The van der Waals surface area contributed by atoms with E-state index in [0.29, 0.717) is 6.61 Å². The van der Waals surface area contributed by atoms with E-state index in [-0.39, 0.29) is 47.0 Å². The van der Waals surface area contributed by atoms with Gasteiger partial charge < -0.3 is 29.1 Å². The third-order valence-corrected chi connectivity index (χ3v) is 8.75. The molecule has 246 valence electrons. The maximum Gasteiger partial charge on any atom is 0.519 e. The summed E-state index contributed by atoms with van der Waals surface area (Å²) in [4.78, 5) is 27.4. The first-order valence-corrected chi connectivity index (χ1v) is 15.9. The standard InChI is InChI=1S/C27H34N9O9P/c1-5-40-23-19-22(32-25(28)33-23)36(14-30-19)24-27(4,34-35-29)21(37)18(43-24)13-42-46(39,31-11-16-9-7-6-8-10-16)41-12-17-20(15(2)3)45-26(38)44-17/h6-10,14-15,18,21,24,37H,5,11-13H2,1-4H3,(H,31,39)(H2,28,32,33)/t18-,21-,24-,27-,46?/m1/s1. The van der Waals surface area contributed by atoms with Gasteiger partial charge in [0.25, 0.3) is 0 Å². The molecule has 1 fully saturated rings. The summed E-state index contributed by atoms with van der Waals surface area (Å²) in [6.45, 7) is 6.31. The average Bonchev–Trinajstić information content (AvgIpc) is 3.69. The van der Waals surface area contributed by atoms with E-state index in [0.717, 1.165) is 5.56 Å². The van der Waals surface area contributed by atoms with Crippen LogP contribution in [0.5, 0.6) is 5.88 Å². The van der Waals surface area contributed by atoms with Crippen LogP contribution in [0.25, 0.3) is 21.6 Å². The Balaban J connectivity index is 1.41. The van der Waals surface area contributed by atoms with E-state index in [4.69, 9.17) is 33.1 Å². The summed E-state index contributed by atoms with van der Waals surface area (Å²) in [7, 11) is -4.19. The lowest BCUT2D eigenvalue weighted by Crippen LogP contribution is -2.42. The van der Waals surface area contributed by atoms with Gasteiger partial charge in [-0.05, 0) is 24.9 Å². The molecule has 1 aromatic carbocycles. The van der Waals surface area contributed by atoms with Crippen LogP contribution in [0.3, 0.4) is 0 Å². The molecular formula is C27H34N9O9P. The zero-order valence-corrected chi connectivity index (χ0v) is 26.4. The largest absolute Gasteiger partial charge is 0.519 e. The summed E-state index contributed by atoms with van der Waals surface area (Å²) in [6, 6.07) is 9.08. The van der Waals surface area contributed by atoms with Crippen molar-refractivity contribution in [2.45, 2.75) is 70.7 Å². The minimum absolute atomic E-state index is 0.0538. The van der Waals surface area contributed by atoms with Gasteiger partial charge in [-0.25, -0.2) is 19.4 Å². The number of nitrogen functional groups attached to an aromatic ring is 1. The number of ether oxygens (including phenoxy) is 2. The molecule has 19 heteroatoms. The van der Waals surface area contributed by atoms with Crippen molar-refractivity contribution >= 4 is 24.9 Å². The lowest BCUT2D eigenvalue weighted by molar-refractivity contribution is -0.0438. The van der Waals surface area contributed by atoms with Crippen LogP contribution in [0.1, 0.15) is 56.9 Å². The summed E-state index contributed by atoms with van der Waals surface area (Å²) in [6.07, 6.45) is -2.43. The summed E-state index contributed by atoms with van der Waals surface area (Å²) in [5.41, 5.74) is 15.0. The predicted octanol–water partition coefficient (Wildman–Crippen LogP) is 3.94. The summed E-state index contributed by atoms with van der Waals surface area (Å²) in [5, 5.41) is 18.0. The van der Waals surface area contributed by atoms with Gasteiger partial charge in [0.2, 0.25) is 11.8 Å². The Morgan fingerprint density at radius 2 is 2.02 bits per heavy atom. The molecule has 1 saturated heterocycles. The van der Waals surface area contributed by atoms with E-state index in [1.165, 1.54) is 17.8 Å². The molecule has 0 aliphatic carbocycles. The molecule has 1 aliphatic rings. The number of aliphatic hydroxyl groups is 1. The van der Waals surface area contributed by atoms with Crippen molar-refractivity contribution in [3.05, 3.63) is 74.8 Å². The fourth-order valence-electron chi connectivity index (χ4n) is 4.98. The third kappa shape index (κ3) is 6.78. The second-order valence-corrected chi connectivity index (χ2v) is 12.6. The number of imidazole rings is 1. The van der Waals surface area contributed by atoms with Crippen molar-refractivity contribution in [2.75, 3.05) is 18.9 Å². The van der Waals surface area contributed by atoms with Gasteiger partial charge in [0.05, 0.1) is 25.6 Å². The number of anilines is 1. The Morgan fingerprint density at radius 1 is 1.26 bits per heavy atom. The molecule has 1 unspecified atom stereocenters. The second-order valence-electron chi connectivity index (χ2n) is 10.8. The number of nitrogens with zero attached hydrogens (tertiary/aromatic N) is 7. The lowest BCUT2D eigenvalue weighted by atomic mass is 9.93. The van der Waals surface area contributed by atoms with Gasteiger partial charge in [-0.1, -0.05) is 49.3 Å². The molecule has 0 bridgehead atoms. The van der Waals surface area contributed by atoms with Gasteiger partial charge in [-0.15, -0.1) is 0 Å². The molecule has 46 heavy (non-hydrogen) atoms. The van der Waals surface area contributed by atoms with Gasteiger partial charge in [-0.3, -0.25) is 13.6 Å². The SMILES string of the molecule is CCOc1nc(N)nc2c1ncn2[C@@H]1O[C@H](COP(=O)(NCc2ccccc2)OCc2oc(=O)oc2C(C)C)[C@@H](O)[C@@]1(C)N=[N+]=[N-]. The van der Waals surface area contributed by atoms with Crippen molar-refractivity contribution in [3.63, 3.8) is 0 Å². The number of nitrogens with two attached hydrogens (primary N) is 1. The normalized spacial score (nSPS) is 22.6. The highest BCUT2D eigenvalue weighted by Crippen LogP contribution is 2.48.